The van der Waals surface area contributed by atoms with Gasteiger partial charge >= 0.3 is 0 Å². The normalized spacial score (nSPS) is 14.8. The van der Waals surface area contributed by atoms with E-state index in [1.807, 2.05) is 67.6 Å². The molecule has 0 aromatic heterocycles. The van der Waals surface area contributed by atoms with Crippen LogP contribution in [-0.4, -0.2) is 35.0 Å². The molecular weight excluding hydrogens is 288 g/mol. The van der Waals surface area contributed by atoms with Crippen LogP contribution in [0.3, 0.4) is 0 Å². The summed E-state index contributed by atoms with van der Waals surface area (Å²) in [4.78, 5) is 14.0. The smallest absolute Gasteiger partial charge is 0.239 e. The maximum absolute atomic E-state index is 12.5. The zero-order valence-electron chi connectivity index (χ0n) is 13.6. The highest BCUT2D eigenvalue weighted by atomic mass is 16.3. The van der Waals surface area contributed by atoms with Crippen LogP contribution in [0.2, 0.25) is 0 Å². The molecule has 0 saturated carbocycles. The number of nitrogens with two attached hydrogens (primary N) is 1. The van der Waals surface area contributed by atoms with E-state index < -0.39 is 12.1 Å². The van der Waals surface area contributed by atoms with E-state index in [0.29, 0.717) is 6.42 Å². The fraction of sp³-hybridized carbons (Fsp3) is 0.316. The van der Waals surface area contributed by atoms with Crippen molar-refractivity contribution >= 4 is 5.91 Å². The van der Waals surface area contributed by atoms with Crippen molar-refractivity contribution in [3.05, 3.63) is 71.8 Å². The number of aliphatic hydroxyl groups is 1. The lowest BCUT2D eigenvalue weighted by Gasteiger charge is -2.31. The van der Waals surface area contributed by atoms with Crippen molar-refractivity contribution in [3.63, 3.8) is 0 Å². The van der Waals surface area contributed by atoms with Gasteiger partial charge in [0.15, 0.2) is 0 Å². The Bertz CT molecular complexity index is 616. The molecule has 2 aromatic rings. The second-order valence-corrected chi connectivity index (χ2v) is 5.84. The van der Waals surface area contributed by atoms with Crippen molar-refractivity contribution in [1.29, 1.82) is 0 Å². The lowest BCUT2D eigenvalue weighted by Crippen LogP contribution is -2.48. The summed E-state index contributed by atoms with van der Waals surface area (Å²) in [5.41, 5.74) is 7.87. The molecule has 2 aromatic carbocycles. The summed E-state index contributed by atoms with van der Waals surface area (Å²) < 4.78 is 0. The molecule has 122 valence electrons. The van der Waals surface area contributed by atoms with Crippen LogP contribution in [0.1, 0.15) is 24.2 Å². The molecule has 0 fully saturated rings. The Hall–Kier alpha value is -2.17. The molecule has 3 atom stereocenters. The molecule has 0 spiro atoms. The van der Waals surface area contributed by atoms with Crippen LogP contribution in [0.25, 0.3) is 0 Å². The molecule has 0 radical (unpaired) electrons. The van der Waals surface area contributed by atoms with Gasteiger partial charge in [-0.25, -0.2) is 0 Å². The Morgan fingerprint density at radius 2 is 1.61 bits per heavy atom. The van der Waals surface area contributed by atoms with E-state index in [1.54, 1.807) is 7.05 Å². The van der Waals surface area contributed by atoms with Gasteiger partial charge in [0, 0.05) is 7.05 Å². The summed E-state index contributed by atoms with van der Waals surface area (Å²) in [5, 5.41) is 10.4. The van der Waals surface area contributed by atoms with Gasteiger partial charge < -0.3 is 15.7 Å². The highest BCUT2D eigenvalue weighted by molar-refractivity contribution is 5.82. The molecule has 0 unspecified atom stereocenters. The van der Waals surface area contributed by atoms with Gasteiger partial charge in [-0.2, -0.15) is 0 Å². The Morgan fingerprint density at radius 3 is 2.17 bits per heavy atom. The summed E-state index contributed by atoms with van der Waals surface area (Å²) in [6, 6.07) is 18.1. The van der Waals surface area contributed by atoms with Gasteiger partial charge in [-0.15, -0.1) is 0 Å². The lowest BCUT2D eigenvalue weighted by atomic mass is 10.0. The first-order valence-electron chi connectivity index (χ1n) is 7.80. The minimum absolute atomic E-state index is 0.170. The van der Waals surface area contributed by atoms with E-state index in [2.05, 4.69) is 0 Å². The molecule has 0 aliphatic carbocycles. The van der Waals surface area contributed by atoms with E-state index in [0.717, 1.165) is 11.1 Å². The number of carbonyl (C=O) groups is 1. The highest BCUT2D eigenvalue weighted by Crippen LogP contribution is 2.20. The van der Waals surface area contributed by atoms with Gasteiger partial charge in [0.2, 0.25) is 5.91 Å². The van der Waals surface area contributed by atoms with E-state index in [-0.39, 0.29) is 11.9 Å². The molecular formula is C19H24N2O2. The van der Waals surface area contributed by atoms with E-state index >= 15 is 0 Å². The number of amides is 1. The predicted molar refractivity (Wildman–Crippen MR) is 91.8 cm³/mol. The summed E-state index contributed by atoms with van der Waals surface area (Å²) in [7, 11) is 1.68. The van der Waals surface area contributed by atoms with Crippen LogP contribution < -0.4 is 5.73 Å². The van der Waals surface area contributed by atoms with E-state index in [4.69, 9.17) is 5.73 Å². The number of carbonyl (C=O) groups excluding carboxylic acids is 1. The number of hydrogen-bond donors (Lipinski definition) is 2. The summed E-state index contributed by atoms with van der Waals surface area (Å²) >= 11 is 0. The standard InChI is InChI=1S/C19H24N2O2/c1-14(18(22)16-11-7-4-8-12-16)21(2)19(23)17(20)13-15-9-5-3-6-10-15/h3-12,14,17-18,22H,13,20H2,1-2H3/t14-,17+,18+/m1/s1. The summed E-state index contributed by atoms with van der Waals surface area (Å²) in [6.07, 6.45) is -0.257. The predicted octanol–water partition coefficient (Wildman–Crippen LogP) is 2.14. The summed E-state index contributed by atoms with van der Waals surface area (Å²) in [6.45, 7) is 1.82. The van der Waals surface area contributed by atoms with Crippen LogP contribution in [0.15, 0.2) is 60.7 Å². The topological polar surface area (TPSA) is 66.6 Å². The second kappa shape index (κ2) is 7.90. The SMILES string of the molecule is C[C@H]([C@H](O)c1ccccc1)N(C)C(=O)[C@@H](N)Cc1ccccc1. The molecule has 0 saturated heterocycles. The first kappa shape index (κ1) is 17.2. The maximum atomic E-state index is 12.5. The quantitative estimate of drug-likeness (QED) is 0.859. The second-order valence-electron chi connectivity index (χ2n) is 5.84. The number of aliphatic hydroxyl groups excluding tert-OH is 1. The number of benzene rings is 2. The van der Waals surface area contributed by atoms with Crippen molar-refractivity contribution in [3.8, 4) is 0 Å². The van der Waals surface area contributed by atoms with E-state index in [9.17, 15) is 9.90 Å². The van der Waals surface area contributed by atoms with Gasteiger partial charge in [-0.1, -0.05) is 60.7 Å². The molecule has 2 rings (SSSR count). The number of nitrogens with zero attached hydrogens (tertiary/aromatic N) is 1. The number of likely N-dealkylation sites (N-methyl/N-ethyl adjacent to an activating group) is 1. The van der Waals surface area contributed by atoms with Crippen LogP contribution in [-0.2, 0) is 11.2 Å². The molecule has 4 heteroatoms. The largest absolute Gasteiger partial charge is 0.386 e. The highest BCUT2D eigenvalue weighted by Gasteiger charge is 2.27. The van der Waals surface area contributed by atoms with Crippen molar-refractivity contribution < 1.29 is 9.90 Å². The minimum atomic E-state index is -0.742. The van der Waals surface area contributed by atoms with Crippen molar-refractivity contribution in [2.45, 2.75) is 31.5 Å². The van der Waals surface area contributed by atoms with Crippen LogP contribution in [0.5, 0.6) is 0 Å². The maximum Gasteiger partial charge on any atom is 0.239 e. The zero-order valence-corrected chi connectivity index (χ0v) is 13.6. The molecule has 4 nitrogen and oxygen atoms in total. The van der Waals surface area contributed by atoms with E-state index in [1.165, 1.54) is 4.90 Å². The molecule has 0 bridgehead atoms. The minimum Gasteiger partial charge on any atom is -0.386 e. The average molecular weight is 312 g/mol. The molecule has 1 amide bonds. The van der Waals surface area contributed by atoms with Crippen LogP contribution in [0, 0.1) is 0 Å². The molecule has 0 heterocycles. The Morgan fingerprint density at radius 1 is 1.09 bits per heavy atom. The third kappa shape index (κ3) is 4.41. The Kier molecular flexibility index (Phi) is 5.90. The fourth-order valence-electron chi connectivity index (χ4n) is 2.56. The third-order valence-corrected chi connectivity index (χ3v) is 4.17. The van der Waals surface area contributed by atoms with Crippen molar-refractivity contribution in [2.75, 3.05) is 7.05 Å². The number of rotatable bonds is 6. The Labute approximate surface area is 137 Å². The third-order valence-electron chi connectivity index (χ3n) is 4.17. The average Bonchev–Trinajstić information content (AvgIpc) is 2.60. The monoisotopic (exact) mass is 312 g/mol. The molecule has 0 aliphatic rings. The van der Waals surface area contributed by atoms with Gasteiger partial charge in [0.05, 0.1) is 18.2 Å². The first-order chi connectivity index (χ1) is 11.0. The summed E-state index contributed by atoms with van der Waals surface area (Å²) in [5.74, 6) is -0.170. The molecule has 23 heavy (non-hydrogen) atoms. The zero-order chi connectivity index (χ0) is 16.8. The van der Waals surface area contributed by atoms with Gasteiger partial charge in [-0.3, -0.25) is 4.79 Å². The molecule has 3 N–H and O–H groups in total. The van der Waals surface area contributed by atoms with Crippen LogP contribution in [0.4, 0.5) is 0 Å². The Balaban J connectivity index is 2.00. The van der Waals surface area contributed by atoms with Crippen molar-refractivity contribution in [2.24, 2.45) is 5.73 Å². The number of hydrogen-bond acceptors (Lipinski definition) is 3. The van der Waals surface area contributed by atoms with Crippen molar-refractivity contribution in [1.82, 2.24) is 4.90 Å². The first-order valence-corrected chi connectivity index (χ1v) is 7.80. The van der Waals surface area contributed by atoms with Gasteiger partial charge in [0.1, 0.15) is 0 Å². The van der Waals surface area contributed by atoms with Crippen LogP contribution >= 0.6 is 0 Å². The lowest BCUT2D eigenvalue weighted by molar-refractivity contribution is -0.135. The fourth-order valence-corrected chi connectivity index (χ4v) is 2.56. The molecule has 0 aliphatic heterocycles. The van der Waals surface area contributed by atoms with Gasteiger partial charge in [0.25, 0.3) is 0 Å². The van der Waals surface area contributed by atoms with Gasteiger partial charge in [-0.05, 0) is 24.5 Å².